The van der Waals surface area contributed by atoms with Crippen molar-refractivity contribution in [3.63, 3.8) is 0 Å². The van der Waals surface area contributed by atoms with Crippen LogP contribution in [0.25, 0.3) is 11.4 Å². The van der Waals surface area contributed by atoms with E-state index in [1.165, 1.54) is 11.1 Å². The fourth-order valence-corrected chi connectivity index (χ4v) is 4.25. The molecule has 1 aliphatic heterocycles. The van der Waals surface area contributed by atoms with Crippen molar-refractivity contribution < 1.29 is 9.32 Å². The fourth-order valence-electron chi connectivity index (χ4n) is 3.98. The van der Waals surface area contributed by atoms with Crippen LogP contribution < -0.4 is 5.32 Å². The molecule has 0 radical (unpaired) electrons. The summed E-state index contributed by atoms with van der Waals surface area (Å²) in [7, 11) is 0. The molecule has 3 aromatic rings. The predicted octanol–water partition coefficient (Wildman–Crippen LogP) is 4.77. The topological polar surface area (TPSA) is 71.3 Å². The van der Waals surface area contributed by atoms with E-state index in [9.17, 15) is 4.79 Å². The van der Waals surface area contributed by atoms with Crippen molar-refractivity contribution in [2.75, 3.05) is 19.6 Å². The third-order valence-corrected chi connectivity index (χ3v) is 6.48. The molecule has 0 saturated carbocycles. The Morgan fingerprint density at radius 1 is 1.12 bits per heavy atom. The van der Waals surface area contributed by atoms with Gasteiger partial charge in [0.25, 0.3) is 0 Å². The van der Waals surface area contributed by atoms with Gasteiger partial charge in [-0.25, -0.2) is 0 Å². The van der Waals surface area contributed by atoms with E-state index in [0.717, 1.165) is 55.4 Å². The number of nitrogens with one attached hydrogen (secondary N) is 1. The van der Waals surface area contributed by atoms with Gasteiger partial charge in [-0.1, -0.05) is 50.9 Å². The zero-order valence-electron chi connectivity index (χ0n) is 18.4. The van der Waals surface area contributed by atoms with E-state index in [2.05, 4.69) is 67.5 Å². The lowest BCUT2D eigenvalue weighted by Crippen LogP contribution is -2.40. The van der Waals surface area contributed by atoms with Crippen LogP contribution in [0.1, 0.15) is 36.3 Å². The molecule has 4 rings (SSSR count). The largest absolute Gasteiger partial charge is 0.356 e. The minimum absolute atomic E-state index is 0.0895. The van der Waals surface area contributed by atoms with Crippen molar-refractivity contribution in [3.05, 3.63) is 70.0 Å². The highest BCUT2D eigenvalue weighted by atomic mass is 79.9. The molecule has 2 heterocycles. The van der Waals surface area contributed by atoms with Gasteiger partial charge in [-0.3, -0.25) is 9.69 Å². The Bertz CT molecular complexity index is 1010. The van der Waals surface area contributed by atoms with Crippen molar-refractivity contribution in [3.8, 4) is 11.4 Å². The number of piperidine rings is 1. The third kappa shape index (κ3) is 6.26. The number of benzene rings is 2. The van der Waals surface area contributed by atoms with Gasteiger partial charge in [0, 0.05) is 22.5 Å². The molecule has 1 aromatic heterocycles. The first-order chi connectivity index (χ1) is 15.6. The average Bonchev–Trinajstić information content (AvgIpc) is 3.27. The fraction of sp³-hybridized carbons (Fsp3) is 0.400. The lowest BCUT2D eigenvalue weighted by molar-refractivity contribution is -0.126. The van der Waals surface area contributed by atoms with Crippen LogP contribution in [0.3, 0.4) is 0 Å². The van der Waals surface area contributed by atoms with Crippen molar-refractivity contribution in [1.82, 2.24) is 20.4 Å². The zero-order chi connectivity index (χ0) is 22.3. The Morgan fingerprint density at radius 3 is 2.56 bits per heavy atom. The standard InChI is InChI=1S/C25H29BrN4O2/c1-18-4-6-19(7-5-18)3-2-14-27-25(31)21-12-15-30(16-13-21)17-23-28-24(29-32-23)20-8-10-22(26)11-9-20/h4-11,21H,2-3,12-17H2,1H3,(H,27,31). The summed E-state index contributed by atoms with van der Waals surface area (Å²) in [5, 5.41) is 7.22. The van der Waals surface area contributed by atoms with Gasteiger partial charge in [0.15, 0.2) is 0 Å². The van der Waals surface area contributed by atoms with Crippen molar-refractivity contribution in [2.24, 2.45) is 5.92 Å². The Kier molecular flexibility index (Phi) is 7.71. The molecule has 0 unspecified atom stereocenters. The van der Waals surface area contributed by atoms with Crippen LogP contribution in [0.5, 0.6) is 0 Å². The van der Waals surface area contributed by atoms with Gasteiger partial charge in [-0.05, 0) is 75.5 Å². The average molecular weight is 497 g/mol. The number of rotatable bonds is 8. The Labute approximate surface area is 197 Å². The quantitative estimate of drug-likeness (QED) is 0.454. The maximum Gasteiger partial charge on any atom is 0.241 e. The number of carbonyl (C=O) groups excluding carboxylic acids is 1. The van der Waals surface area contributed by atoms with Crippen LogP contribution in [0.2, 0.25) is 0 Å². The number of halogens is 1. The van der Waals surface area contributed by atoms with Crippen LogP contribution >= 0.6 is 15.9 Å². The summed E-state index contributed by atoms with van der Waals surface area (Å²) in [5.41, 5.74) is 3.53. The molecule has 0 atom stereocenters. The second kappa shape index (κ2) is 10.9. The SMILES string of the molecule is Cc1ccc(CCCNC(=O)C2CCN(Cc3nc(-c4ccc(Br)cc4)no3)CC2)cc1. The highest BCUT2D eigenvalue weighted by molar-refractivity contribution is 9.10. The summed E-state index contributed by atoms with van der Waals surface area (Å²) >= 11 is 3.43. The molecule has 0 spiro atoms. The van der Waals surface area contributed by atoms with E-state index in [4.69, 9.17) is 4.52 Å². The van der Waals surface area contributed by atoms with E-state index in [0.29, 0.717) is 18.3 Å². The van der Waals surface area contributed by atoms with Crippen LogP contribution in [0.15, 0.2) is 57.5 Å². The van der Waals surface area contributed by atoms with Crippen LogP contribution in [0, 0.1) is 12.8 Å². The van der Waals surface area contributed by atoms with Gasteiger partial charge in [0.1, 0.15) is 0 Å². The molecule has 0 aliphatic carbocycles. The van der Waals surface area contributed by atoms with Crippen LogP contribution in [-0.4, -0.2) is 40.6 Å². The molecular weight excluding hydrogens is 468 g/mol. The number of likely N-dealkylation sites (tertiary alicyclic amines) is 1. The highest BCUT2D eigenvalue weighted by Crippen LogP contribution is 2.22. The van der Waals surface area contributed by atoms with E-state index >= 15 is 0 Å². The first-order valence-corrected chi connectivity index (χ1v) is 12.0. The number of amides is 1. The third-order valence-electron chi connectivity index (χ3n) is 5.95. The van der Waals surface area contributed by atoms with Gasteiger partial charge in [0.2, 0.25) is 17.6 Å². The van der Waals surface area contributed by atoms with E-state index in [1.54, 1.807) is 0 Å². The zero-order valence-corrected chi connectivity index (χ0v) is 20.0. The number of aromatic nitrogens is 2. The van der Waals surface area contributed by atoms with E-state index in [-0.39, 0.29) is 11.8 Å². The number of hydrogen-bond acceptors (Lipinski definition) is 5. The minimum atomic E-state index is 0.0895. The number of nitrogens with zero attached hydrogens (tertiary/aromatic N) is 3. The molecule has 7 heteroatoms. The maximum absolute atomic E-state index is 12.5. The Morgan fingerprint density at radius 2 is 1.84 bits per heavy atom. The maximum atomic E-state index is 12.5. The summed E-state index contributed by atoms with van der Waals surface area (Å²) in [4.78, 5) is 19.3. The van der Waals surface area contributed by atoms with Crippen LogP contribution in [-0.2, 0) is 17.8 Å². The minimum Gasteiger partial charge on any atom is -0.356 e. The van der Waals surface area contributed by atoms with Crippen molar-refractivity contribution >= 4 is 21.8 Å². The van der Waals surface area contributed by atoms with E-state index < -0.39 is 0 Å². The Balaban J connectivity index is 1.17. The molecular formula is C25H29BrN4O2. The van der Waals surface area contributed by atoms with Gasteiger partial charge < -0.3 is 9.84 Å². The number of carbonyl (C=O) groups is 1. The van der Waals surface area contributed by atoms with Gasteiger partial charge in [-0.2, -0.15) is 4.98 Å². The second-order valence-corrected chi connectivity index (χ2v) is 9.36. The molecule has 2 aromatic carbocycles. The molecule has 1 aliphatic rings. The molecule has 6 nitrogen and oxygen atoms in total. The predicted molar refractivity (Wildman–Crippen MR) is 128 cm³/mol. The first-order valence-electron chi connectivity index (χ1n) is 11.2. The van der Waals surface area contributed by atoms with Crippen LogP contribution in [0.4, 0.5) is 0 Å². The molecule has 1 saturated heterocycles. The smallest absolute Gasteiger partial charge is 0.241 e. The molecule has 1 fully saturated rings. The molecule has 0 bridgehead atoms. The summed E-state index contributed by atoms with van der Waals surface area (Å²) in [6, 6.07) is 16.5. The summed E-state index contributed by atoms with van der Waals surface area (Å²) in [5.74, 6) is 1.49. The molecule has 1 amide bonds. The molecule has 168 valence electrons. The van der Waals surface area contributed by atoms with Crippen molar-refractivity contribution in [2.45, 2.75) is 39.2 Å². The second-order valence-electron chi connectivity index (χ2n) is 8.45. The monoisotopic (exact) mass is 496 g/mol. The summed E-state index contributed by atoms with van der Waals surface area (Å²) in [6.45, 7) is 5.16. The lowest BCUT2D eigenvalue weighted by Gasteiger charge is -2.30. The number of aryl methyl sites for hydroxylation is 2. The van der Waals surface area contributed by atoms with Crippen molar-refractivity contribution in [1.29, 1.82) is 0 Å². The molecule has 1 N–H and O–H groups in total. The van der Waals surface area contributed by atoms with Gasteiger partial charge in [0.05, 0.1) is 6.54 Å². The lowest BCUT2D eigenvalue weighted by atomic mass is 9.96. The normalized spacial score (nSPS) is 15.1. The number of hydrogen-bond donors (Lipinski definition) is 1. The summed E-state index contributed by atoms with van der Waals surface area (Å²) < 4.78 is 6.46. The first kappa shape index (κ1) is 22.7. The summed E-state index contributed by atoms with van der Waals surface area (Å²) in [6.07, 6.45) is 3.67. The van der Waals surface area contributed by atoms with Gasteiger partial charge >= 0.3 is 0 Å². The Hall–Kier alpha value is -2.51. The van der Waals surface area contributed by atoms with Gasteiger partial charge in [-0.15, -0.1) is 0 Å². The van der Waals surface area contributed by atoms with E-state index in [1.807, 2.05) is 24.3 Å². The molecule has 32 heavy (non-hydrogen) atoms. The highest BCUT2D eigenvalue weighted by Gasteiger charge is 2.25.